The van der Waals surface area contributed by atoms with Crippen molar-refractivity contribution in [1.82, 2.24) is 0 Å². The lowest BCUT2D eigenvalue weighted by Crippen LogP contribution is -2.30. The molecule has 0 aliphatic carbocycles. The number of rotatable bonds is 59. The molecule has 0 aliphatic heterocycles. The van der Waals surface area contributed by atoms with E-state index in [4.69, 9.17) is 14.2 Å². The summed E-state index contributed by atoms with van der Waals surface area (Å²) >= 11 is 0. The average Bonchev–Trinajstić information content (AvgIpc) is 3.36. The van der Waals surface area contributed by atoms with E-state index in [0.717, 1.165) is 75.5 Å². The van der Waals surface area contributed by atoms with Crippen LogP contribution in [0.5, 0.6) is 0 Å². The van der Waals surface area contributed by atoms with Crippen molar-refractivity contribution >= 4 is 17.9 Å². The fraction of sp³-hybridized carbons (Fsp3) is 0.955. The van der Waals surface area contributed by atoms with Crippen molar-refractivity contribution in [2.45, 2.75) is 375 Å². The van der Waals surface area contributed by atoms with Gasteiger partial charge in [0.05, 0.1) is 0 Å². The van der Waals surface area contributed by atoms with Crippen molar-refractivity contribution in [3.63, 3.8) is 0 Å². The zero-order valence-corrected chi connectivity index (χ0v) is 49.7. The first-order chi connectivity index (χ1) is 35.1. The summed E-state index contributed by atoms with van der Waals surface area (Å²) in [6.07, 6.45) is 62.4. The van der Waals surface area contributed by atoms with Gasteiger partial charge in [-0.05, 0) is 37.0 Å². The second kappa shape index (κ2) is 57.1. The smallest absolute Gasteiger partial charge is 0.306 e. The summed E-state index contributed by atoms with van der Waals surface area (Å²) in [6, 6.07) is 0. The third-order valence-corrected chi connectivity index (χ3v) is 15.5. The molecule has 0 saturated carbocycles. The van der Waals surface area contributed by atoms with Crippen LogP contribution in [0.2, 0.25) is 0 Å². The molecule has 0 aliphatic rings. The van der Waals surface area contributed by atoms with E-state index in [1.54, 1.807) is 0 Å². The lowest BCUT2D eigenvalue weighted by atomic mass is 9.99. The van der Waals surface area contributed by atoms with E-state index in [9.17, 15) is 14.4 Å². The molecule has 0 N–H and O–H groups in total. The highest BCUT2D eigenvalue weighted by Crippen LogP contribution is 2.20. The monoisotopic (exact) mass is 1020 g/mol. The lowest BCUT2D eigenvalue weighted by Gasteiger charge is -2.18. The van der Waals surface area contributed by atoms with Gasteiger partial charge in [-0.1, -0.05) is 330 Å². The van der Waals surface area contributed by atoms with Crippen molar-refractivity contribution in [3.8, 4) is 0 Å². The Bertz CT molecular complexity index is 1120. The fourth-order valence-electron chi connectivity index (χ4n) is 10.2. The summed E-state index contributed by atoms with van der Waals surface area (Å²) < 4.78 is 17.0. The number of ether oxygens (including phenoxy) is 3. The highest BCUT2D eigenvalue weighted by atomic mass is 16.6. The largest absolute Gasteiger partial charge is 0.462 e. The molecule has 1 unspecified atom stereocenters. The van der Waals surface area contributed by atoms with Gasteiger partial charge in [0.15, 0.2) is 6.10 Å². The Kier molecular flexibility index (Phi) is 55.9. The molecule has 0 aromatic rings. The zero-order chi connectivity index (χ0) is 52.6. The third-order valence-electron chi connectivity index (χ3n) is 15.5. The Morgan fingerprint density at radius 3 is 0.722 bits per heavy atom. The highest BCUT2D eigenvalue weighted by Gasteiger charge is 2.19. The molecular formula is C66H128O6. The number of hydrogen-bond acceptors (Lipinski definition) is 6. The van der Waals surface area contributed by atoms with E-state index in [1.165, 1.54) is 250 Å². The molecule has 0 saturated heterocycles. The average molecular weight is 1020 g/mol. The molecule has 0 heterocycles. The maximum Gasteiger partial charge on any atom is 0.306 e. The molecule has 0 amide bonds. The van der Waals surface area contributed by atoms with Crippen LogP contribution in [0.4, 0.5) is 0 Å². The number of carbonyl (C=O) groups is 3. The van der Waals surface area contributed by atoms with E-state index < -0.39 is 6.10 Å². The second-order valence-electron chi connectivity index (χ2n) is 24.0. The van der Waals surface area contributed by atoms with E-state index in [0.29, 0.717) is 19.3 Å². The predicted molar refractivity (Wildman–Crippen MR) is 312 cm³/mol. The van der Waals surface area contributed by atoms with Gasteiger partial charge >= 0.3 is 17.9 Å². The highest BCUT2D eigenvalue weighted by molar-refractivity contribution is 5.71. The molecular weight excluding hydrogens is 889 g/mol. The maximum absolute atomic E-state index is 12.9. The Balaban J connectivity index is 4.30. The van der Waals surface area contributed by atoms with Gasteiger partial charge in [0.1, 0.15) is 13.2 Å². The molecule has 0 aromatic heterocycles. The Morgan fingerprint density at radius 1 is 0.278 bits per heavy atom. The third kappa shape index (κ3) is 57.7. The fourth-order valence-corrected chi connectivity index (χ4v) is 10.2. The van der Waals surface area contributed by atoms with Crippen LogP contribution in [0.3, 0.4) is 0 Å². The van der Waals surface area contributed by atoms with Crippen LogP contribution < -0.4 is 0 Å². The maximum atomic E-state index is 12.9. The summed E-state index contributed by atoms with van der Waals surface area (Å²) in [5.41, 5.74) is 0. The van der Waals surface area contributed by atoms with E-state index in [2.05, 4.69) is 41.5 Å². The molecule has 0 radical (unpaired) electrons. The molecule has 0 rings (SSSR count). The number of esters is 3. The Morgan fingerprint density at radius 2 is 0.486 bits per heavy atom. The van der Waals surface area contributed by atoms with Gasteiger partial charge in [0, 0.05) is 19.3 Å². The quantitative estimate of drug-likeness (QED) is 0.0343. The van der Waals surface area contributed by atoms with Gasteiger partial charge in [-0.3, -0.25) is 14.4 Å². The van der Waals surface area contributed by atoms with Crippen molar-refractivity contribution in [2.75, 3.05) is 13.2 Å². The Labute approximate surface area is 450 Å². The first-order valence-electron chi connectivity index (χ1n) is 32.6. The number of unbranched alkanes of at least 4 members (excludes halogenated alkanes) is 41. The van der Waals surface area contributed by atoms with Gasteiger partial charge in [-0.25, -0.2) is 0 Å². The summed E-state index contributed by atoms with van der Waals surface area (Å²) in [7, 11) is 0. The van der Waals surface area contributed by atoms with Gasteiger partial charge in [-0.15, -0.1) is 0 Å². The first kappa shape index (κ1) is 70.4. The molecule has 2 atom stereocenters. The van der Waals surface area contributed by atoms with E-state index in [-0.39, 0.29) is 31.1 Å². The van der Waals surface area contributed by atoms with Crippen LogP contribution in [-0.4, -0.2) is 37.2 Å². The molecule has 0 bridgehead atoms. The van der Waals surface area contributed by atoms with Gasteiger partial charge in [0.25, 0.3) is 0 Å². The molecule has 6 nitrogen and oxygen atoms in total. The first-order valence-corrected chi connectivity index (χ1v) is 32.6. The zero-order valence-electron chi connectivity index (χ0n) is 49.7. The van der Waals surface area contributed by atoms with E-state index >= 15 is 0 Å². The van der Waals surface area contributed by atoms with Crippen LogP contribution >= 0.6 is 0 Å². The number of carbonyl (C=O) groups excluding carboxylic acids is 3. The van der Waals surface area contributed by atoms with Gasteiger partial charge in [-0.2, -0.15) is 0 Å². The molecule has 0 fully saturated rings. The summed E-state index contributed by atoms with van der Waals surface area (Å²) in [5, 5.41) is 0. The van der Waals surface area contributed by atoms with Gasteiger partial charge in [0.2, 0.25) is 0 Å². The van der Waals surface area contributed by atoms with Crippen molar-refractivity contribution in [2.24, 2.45) is 17.8 Å². The summed E-state index contributed by atoms with van der Waals surface area (Å²) in [4.78, 5) is 38.4. The normalized spacial score (nSPS) is 12.5. The van der Waals surface area contributed by atoms with Crippen molar-refractivity contribution in [3.05, 3.63) is 0 Å². The van der Waals surface area contributed by atoms with E-state index in [1.807, 2.05) is 0 Å². The van der Waals surface area contributed by atoms with Crippen LogP contribution in [0.1, 0.15) is 369 Å². The summed E-state index contributed by atoms with van der Waals surface area (Å²) in [5.74, 6) is 1.76. The topological polar surface area (TPSA) is 78.9 Å². The lowest BCUT2D eigenvalue weighted by molar-refractivity contribution is -0.167. The standard InChI is InChI=1S/C66H128O6/c1-7-62(6)54-48-42-36-30-24-18-13-15-21-27-33-39-45-51-57-66(69)72-63(59-71-65(68)56-50-44-38-32-26-20-14-12-17-23-29-35-41-47-53-61(4)5)58-70-64(67)55-49-43-37-31-25-19-11-9-8-10-16-22-28-34-40-46-52-60(2)3/h60-63H,7-59H2,1-6H3/t62?,63-/m0/s1. The Hall–Kier alpha value is -1.59. The van der Waals surface area contributed by atoms with Crippen LogP contribution in [0.25, 0.3) is 0 Å². The predicted octanol–water partition coefficient (Wildman–Crippen LogP) is 21.8. The van der Waals surface area contributed by atoms with Crippen LogP contribution in [0.15, 0.2) is 0 Å². The van der Waals surface area contributed by atoms with Crippen molar-refractivity contribution < 1.29 is 28.6 Å². The molecule has 0 spiro atoms. The molecule has 72 heavy (non-hydrogen) atoms. The molecule has 6 heteroatoms. The molecule has 0 aromatic carbocycles. The van der Waals surface area contributed by atoms with Crippen LogP contribution in [0, 0.1) is 17.8 Å². The van der Waals surface area contributed by atoms with Crippen molar-refractivity contribution in [1.29, 1.82) is 0 Å². The minimum absolute atomic E-state index is 0.0624. The minimum atomic E-state index is -0.765. The number of hydrogen-bond donors (Lipinski definition) is 0. The molecule has 428 valence electrons. The SMILES string of the molecule is CCC(C)CCCCCCCCCCCCCCCCC(=O)O[C@@H](COC(=O)CCCCCCCCCCCCCCCCCCC(C)C)COC(=O)CCCCCCCCCCCCCCCCC(C)C. The second-order valence-corrected chi connectivity index (χ2v) is 24.0. The van der Waals surface area contributed by atoms with Crippen LogP contribution in [-0.2, 0) is 28.6 Å². The minimum Gasteiger partial charge on any atom is -0.462 e. The summed E-state index contributed by atoms with van der Waals surface area (Å²) in [6.45, 7) is 13.9. The van der Waals surface area contributed by atoms with Gasteiger partial charge < -0.3 is 14.2 Å².